The number of thiophene rings is 1. The first-order valence-electron chi connectivity index (χ1n) is 4.91. The molecule has 0 fully saturated rings. The van der Waals surface area contributed by atoms with Crippen molar-refractivity contribution in [2.75, 3.05) is 0 Å². The second-order valence-electron chi connectivity index (χ2n) is 3.39. The topological polar surface area (TPSA) is 37.3 Å². The van der Waals surface area contributed by atoms with Crippen molar-refractivity contribution in [1.82, 2.24) is 0 Å². The molecule has 0 saturated heterocycles. The molecule has 2 rings (SSSR count). The van der Waals surface area contributed by atoms with E-state index in [2.05, 4.69) is 0 Å². The van der Waals surface area contributed by atoms with Crippen molar-refractivity contribution in [2.45, 2.75) is 0 Å². The molecule has 0 radical (unpaired) electrons. The van der Waals surface area contributed by atoms with Gasteiger partial charge in [-0.1, -0.05) is 18.2 Å². The monoisotopic (exact) mass is 248 g/mol. The maximum atomic E-state index is 12.8. The first kappa shape index (κ1) is 11.5. The van der Waals surface area contributed by atoms with Gasteiger partial charge in [-0.15, -0.1) is 11.3 Å². The molecule has 1 N–H and O–H groups in total. The highest BCUT2D eigenvalue weighted by Gasteiger charge is 2.10. The molecule has 0 saturated carbocycles. The van der Waals surface area contributed by atoms with Crippen LogP contribution < -0.4 is 0 Å². The Balaban J connectivity index is 2.43. The number of aliphatic carboxylic acids is 1. The van der Waals surface area contributed by atoms with Gasteiger partial charge in [-0.25, -0.2) is 9.18 Å². The summed E-state index contributed by atoms with van der Waals surface area (Å²) in [5.41, 5.74) is 0.653. The summed E-state index contributed by atoms with van der Waals surface area (Å²) < 4.78 is 12.8. The number of rotatable bonds is 3. The van der Waals surface area contributed by atoms with Gasteiger partial charge in [0.25, 0.3) is 0 Å². The number of carboxylic acid groups (broad SMARTS) is 1. The van der Waals surface area contributed by atoms with Gasteiger partial charge >= 0.3 is 5.97 Å². The van der Waals surface area contributed by atoms with Crippen molar-refractivity contribution in [1.29, 1.82) is 0 Å². The van der Waals surface area contributed by atoms with Crippen LogP contribution in [0, 0.1) is 5.82 Å². The fourth-order valence-electron chi connectivity index (χ4n) is 1.41. The van der Waals surface area contributed by atoms with Crippen molar-refractivity contribution in [3.05, 3.63) is 58.0 Å². The lowest BCUT2D eigenvalue weighted by atomic mass is 10.1. The van der Waals surface area contributed by atoms with E-state index in [4.69, 9.17) is 5.11 Å². The predicted octanol–water partition coefficient (Wildman–Crippen LogP) is 3.51. The Hall–Kier alpha value is -1.94. The van der Waals surface area contributed by atoms with Crippen molar-refractivity contribution in [3.63, 3.8) is 0 Å². The first-order chi connectivity index (χ1) is 8.16. The standard InChI is InChI=1S/C13H9FO2S/c14-10-5-3-9(4-6-10)12(13(15)16)8-11-2-1-7-17-11/h1-8H,(H,15,16)/b12-8+. The van der Waals surface area contributed by atoms with Crippen molar-refractivity contribution < 1.29 is 14.3 Å². The van der Waals surface area contributed by atoms with Gasteiger partial charge in [-0.2, -0.15) is 0 Å². The van der Waals surface area contributed by atoms with E-state index in [0.29, 0.717) is 5.56 Å². The number of hydrogen-bond donors (Lipinski definition) is 1. The summed E-state index contributed by atoms with van der Waals surface area (Å²) in [5.74, 6) is -1.40. The van der Waals surface area contributed by atoms with E-state index in [1.165, 1.54) is 35.6 Å². The summed E-state index contributed by atoms with van der Waals surface area (Å²) in [5, 5.41) is 11.0. The van der Waals surface area contributed by atoms with Gasteiger partial charge in [0.05, 0.1) is 5.57 Å². The number of carboxylic acids is 1. The van der Waals surface area contributed by atoms with E-state index in [1.54, 1.807) is 6.08 Å². The fourth-order valence-corrected chi connectivity index (χ4v) is 2.07. The predicted molar refractivity (Wildman–Crippen MR) is 66.2 cm³/mol. The lowest BCUT2D eigenvalue weighted by molar-refractivity contribution is -0.130. The van der Waals surface area contributed by atoms with E-state index in [0.717, 1.165) is 4.88 Å². The number of benzene rings is 1. The van der Waals surface area contributed by atoms with Crippen LogP contribution >= 0.6 is 11.3 Å². The summed E-state index contributed by atoms with van der Waals surface area (Å²) in [6, 6.07) is 9.10. The van der Waals surface area contributed by atoms with Crippen LogP contribution in [0.4, 0.5) is 4.39 Å². The van der Waals surface area contributed by atoms with Crippen LogP contribution in [-0.4, -0.2) is 11.1 Å². The Labute approximate surface area is 102 Å². The molecular weight excluding hydrogens is 239 g/mol. The fraction of sp³-hybridized carbons (Fsp3) is 0. The SMILES string of the molecule is O=C(O)/C(=C/c1cccs1)c1ccc(F)cc1. The van der Waals surface area contributed by atoms with Crippen molar-refractivity contribution in [2.24, 2.45) is 0 Å². The summed E-state index contributed by atoms with van der Waals surface area (Å²) in [4.78, 5) is 12.0. The van der Waals surface area contributed by atoms with Crippen LogP contribution in [0.3, 0.4) is 0 Å². The number of hydrogen-bond acceptors (Lipinski definition) is 2. The highest BCUT2D eigenvalue weighted by molar-refractivity contribution is 7.10. The third-order valence-electron chi connectivity index (χ3n) is 2.22. The third-order valence-corrected chi connectivity index (χ3v) is 3.03. The van der Waals surface area contributed by atoms with Gasteiger partial charge in [0, 0.05) is 4.88 Å². The minimum absolute atomic E-state index is 0.160. The summed E-state index contributed by atoms with van der Waals surface area (Å²) in [6.07, 6.45) is 1.58. The van der Waals surface area contributed by atoms with Crippen molar-refractivity contribution in [3.8, 4) is 0 Å². The molecule has 0 aliphatic carbocycles. The largest absolute Gasteiger partial charge is 0.478 e. The number of carbonyl (C=O) groups is 1. The van der Waals surface area contributed by atoms with E-state index < -0.39 is 5.97 Å². The minimum atomic E-state index is -1.02. The molecule has 4 heteroatoms. The molecule has 2 aromatic rings. The molecule has 0 aliphatic heterocycles. The van der Waals surface area contributed by atoms with Gasteiger partial charge < -0.3 is 5.11 Å². The quantitative estimate of drug-likeness (QED) is 0.844. The maximum Gasteiger partial charge on any atom is 0.336 e. The first-order valence-corrected chi connectivity index (χ1v) is 5.79. The molecule has 86 valence electrons. The zero-order valence-corrected chi connectivity index (χ0v) is 9.58. The Bertz CT molecular complexity index is 541. The van der Waals surface area contributed by atoms with E-state index in [9.17, 15) is 9.18 Å². The average molecular weight is 248 g/mol. The Morgan fingerprint density at radius 3 is 2.47 bits per heavy atom. The molecule has 0 amide bonds. The highest BCUT2D eigenvalue weighted by atomic mass is 32.1. The van der Waals surface area contributed by atoms with Gasteiger partial charge in [0.1, 0.15) is 5.82 Å². The molecule has 1 heterocycles. The van der Waals surface area contributed by atoms with Crippen LogP contribution in [0.2, 0.25) is 0 Å². The second kappa shape index (κ2) is 4.93. The normalized spacial score (nSPS) is 11.5. The molecule has 2 nitrogen and oxygen atoms in total. The lowest BCUT2D eigenvalue weighted by Crippen LogP contribution is -1.99. The molecule has 1 aromatic heterocycles. The van der Waals surface area contributed by atoms with E-state index in [1.807, 2.05) is 17.5 Å². The molecule has 0 atom stereocenters. The van der Waals surface area contributed by atoms with Gasteiger partial charge in [0.2, 0.25) is 0 Å². The van der Waals surface area contributed by atoms with Gasteiger partial charge in [-0.3, -0.25) is 0 Å². The van der Waals surface area contributed by atoms with Gasteiger partial charge in [-0.05, 0) is 35.2 Å². The average Bonchev–Trinajstić information content (AvgIpc) is 2.80. The summed E-state index contributed by atoms with van der Waals surface area (Å²) >= 11 is 1.45. The highest BCUT2D eigenvalue weighted by Crippen LogP contribution is 2.21. The zero-order chi connectivity index (χ0) is 12.3. The van der Waals surface area contributed by atoms with Crippen molar-refractivity contribution >= 4 is 29.0 Å². The van der Waals surface area contributed by atoms with E-state index in [-0.39, 0.29) is 11.4 Å². The van der Waals surface area contributed by atoms with E-state index >= 15 is 0 Å². The zero-order valence-electron chi connectivity index (χ0n) is 8.76. The molecule has 0 aliphatic rings. The Morgan fingerprint density at radius 1 is 1.24 bits per heavy atom. The molecule has 17 heavy (non-hydrogen) atoms. The van der Waals surface area contributed by atoms with Gasteiger partial charge in [0.15, 0.2) is 0 Å². The molecule has 0 unspecified atom stereocenters. The smallest absolute Gasteiger partial charge is 0.336 e. The van der Waals surface area contributed by atoms with Crippen LogP contribution in [0.15, 0.2) is 41.8 Å². The van der Waals surface area contributed by atoms with Crippen LogP contribution in [0.1, 0.15) is 10.4 Å². The molecular formula is C13H9FO2S. The third kappa shape index (κ3) is 2.79. The van der Waals surface area contributed by atoms with Crippen LogP contribution in [0.5, 0.6) is 0 Å². The summed E-state index contributed by atoms with van der Waals surface area (Å²) in [7, 11) is 0. The maximum absolute atomic E-state index is 12.8. The lowest BCUT2D eigenvalue weighted by Gasteiger charge is -2.01. The van der Waals surface area contributed by atoms with Crippen LogP contribution in [-0.2, 0) is 4.79 Å². The molecule has 0 spiro atoms. The molecule has 1 aromatic carbocycles. The Kier molecular flexibility index (Phi) is 3.35. The number of halogens is 1. The minimum Gasteiger partial charge on any atom is -0.478 e. The van der Waals surface area contributed by atoms with Crippen LogP contribution in [0.25, 0.3) is 11.6 Å². The molecule has 0 bridgehead atoms. The Morgan fingerprint density at radius 2 is 1.94 bits per heavy atom. The summed E-state index contributed by atoms with van der Waals surface area (Å²) in [6.45, 7) is 0. The second-order valence-corrected chi connectivity index (χ2v) is 4.36.